The fourth-order valence-corrected chi connectivity index (χ4v) is 1.64. The number of carbonyl (C=O) groups is 2. The standard InChI is InChI=1S/C11H13N3O2.Li/c1-7-12-10-6-4-3-5-9(10)11(16)14(7)13-8(2)15;/h3-7H,1-2H3,(H2,12,13,15,16);/q;+1/p-1. The van der Waals surface area contributed by atoms with E-state index in [9.17, 15) is 9.59 Å². The molecule has 1 atom stereocenters. The molecular formula is C11H12LiN3O2. The largest absolute Gasteiger partial charge is 1.00 e. The van der Waals surface area contributed by atoms with Gasteiger partial charge < -0.3 is 5.32 Å². The van der Waals surface area contributed by atoms with Gasteiger partial charge in [-0.3, -0.25) is 20.0 Å². The summed E-state index contributed by atoms with van der Waals surface area (Å²) in [4.78, 5) is 23.0. The Labute approximate surface area is 112 Å². The maximum absolute atomic E-state index is 12.0. The first-order valence-electron chi connectivity index (χ1n) is 5.00. The summed E-state index contributed by atoms with van der Waals surface area (Å²) in [6.45, 7) is 3.12. The van der Waals surface area contributed by atoms with Crippen LogP contribution in [0.5, 0.6) is 0 Å². The van der Waals surface area contributed by atoms with Crippen LogP contribution in [0.15, 0.2) is 24.3 Å². The number of nitrogens with zero attached hydrogens (tertiary/aromatic N) is 2. The van der Waals surface area contributed by atoms with Crippen LogP contribution in [-0.2, 0) is 4.79 Å². The summed E-state index contributed by atoms with van der Waals surface area (Å²) in [5, 5.41) is 5.56. The Morgan fingerprint density at radius 2 is 2.06 bits per heavy atom. The Morgan fingerprint density at radius 3 is 2.71 bits per heavy atom. The van der Waals surface area contributed by atoms with Crippen molar-refractivity contribution in [3.8, 4) is 0 Å². The molecule has 0 aliphatic carbocycles. The summed E-state index contributed by atoms with van der Waals surface area (Å²) in [5.41, 5.74) is 3.65. The molecule has 2 rings (SSSR count). The van der Waals surface area contributed by atoms with Crippen molar-refractivity contribution in [3.63, 3.8) is 0 Å². The molecule has 2 amide bonds. The summed E-state index contributed by atoms with van der Waals surface area (Å²) in [7, 11) is 0. The average molecular weight is 225 g/mol. The average Bonchev–Trinajstić information content (AvgIpc) is 2.24. The number of rotatable bonds is 1. The third kappa shape index (κ3) is 2.63. The topological polar surface area (TPSA) is 63.5 Å². The van der Waals surface area contributed by atoms with Crippen LogP contribution >= 0.6 is 0 Å². The van der Waals surface area contributed by atoms with Crippen molar-refractivity contribution >= 4 is 17.5 Å². The number of para-hydroxylation sites is 1. The Bertz CT molecular complexity index is 450. The van der Waals surface area contributed by atoms with E-state index in [1.165, 1.54) is 11.9 Å². The molecule has 1 heterocycles. The van der Waals surface area contributed by atoms with Crippen LogP contribution in [0.1, 0.15) is 24.2 Å². The number of hydrogen-bond acceptors (Lipinski definition) is 2. The molecule has 0 aromatic heterocycles. The normalized spacial score (nSPS) is 17.6. The van der Waals surface area contributed by atoms with Crippen molar-refractivity contribution in [1.82, 2.24) is 10.4 Å². The van der Waals surface area contributed by atoms with Gasteiger partial charge in [-0.1, -0.05) is 31.2 Å². The molecule has 0 fully saturated rings. The minimum atomic E-state index is -0.383. The maximum atomic E-state index is 12.0. The SMILES string of the molecule is CC(=O)NN1C(=O)c2ccccc2[N-]C1C.[Li+]. The Balaban J connectivity index is 0.00000144. The van der Waals surface area contributed by atoms with E-state index >= 15 is 0 Å². The predicted molar refractivity (Wildman–Crippen MR) is 58.9 cm³/mol. The van der Waals surface area contributed by atoms with Gasteiger partial charge in [-0.2, -0.15) is 0 Å². The van der Waals surface area contributed by atoms with E-state index < -0.39 is 0 Å². The maximum Gasteiger partial charge on any atom is 1.00 e. The molecule has 0 saturated carbocycles. The van der Waals surface area contributed by atoms with Gasteiger partial charge in [0.15, 0.2) is 0 Å². The monoisotopic (exact) mass is 225 g/mol. The second kappa shape index (κ2) is 5.26. The van der Waals surface area contributed by atoms with Crippen LogP contribution in [-0.4, -0.2) is 23.0 Å². The van der Waals surface area contributed by atoms with Gasteiger partial charge in [-0.05, 0) is 6.17 Å². The van der Waals surface area contributed by atoms with Crippen molar-refractivity contribution in [1.29, 1.82) is 0 Å². The predicted octanol–water partition coefficient (Wildman–Crippen LogP) is -1.45. The van der Waals surface area contributed by atoms with E-state index in [4.69, 9.17) is 0 Å². The van der Waals surface area contributed by atoms with Crippen LogP contribution in [0.2, 0.25) is 0 Å². The molecular weight excluding hydrogens is 213 g/mol. The Kier molecular flexibility index (Phi) is 4.21. The summed E-state index contributed by atoms with van der Waals surface area (Å²) in [5.74, 6) is -0.511. The van der Waals surface area contributed by atoms with Gasteiger partial charge in [0, 0.05) is 12.5 Å². The third-order valence-corrected chi connectivity index (χ3v) is 2.33. The second-order valence-electron chi connectivity index (χ2n) is 3.62. The number of fused-ring (bicyclic) bond motifs is 1. The van der Waals surface area contributed by atoms with Gasteiger partial charge in [-0.15, -0.1) is 5.69 Å². The molecule has 1 unspecified atom stereocenters. The molecule has 1 aromatic rings. The van der Waals surface area contributed by atoms with Crippen molar-refractivity contribution in [3.05, 3.63) is 35.1 Å². The van der Waals surface area contributed by atoms with Crippen LogP contribution in [0.25, 0.3) is 5.32 Å². The Hall–Kier alpha value is -1.44. The van der Waals surface area contributed by atoms with Crippen LogP contribution < -0.4 is 24.3 Å². The molecule has 0 radical (unpaired) electrons. The zero-order chi connectivity index (χ0) is 11.7. The van der Waals surface area contributed by atoms with Crippen LogP contribution in [0.4, 0.5) is 5.69 Å². The second-order valence-corrected chi connectivity index (χ2v) is 3.62. The van der Waals surface area contributed by atoms with Crippen LogP contribution in [0.3, 0.4) is 0 Å². The molecule has 84 valence electrons. The van der Waals surface area contributed by atoms with Crippen LogP contribution in [0, 0.1) is 0 Å². The molecule has 1 aliphatic heterocycles. The molecule has 0 spiro atoms. The molecule has 0 bridgehead atoms. The fraction of sp³-hybridized carbons (Fsp3) is 0.273. The summed E-state index contributed by atoms with van der Waals surface area (Å²) < 4.78 is 0. The molecule has 1 aromatic carbocycles. The van der Waals surface area contributed by atoms with E-state index in [0.717, 1.165) is 0 Å². The Morgan fingerprint density at radius 1 is 1.41 bits per heavy atom. The van der Waals surface area contributed by atoms with E-state index in [1.807, 2.05) is 6.07 Å². The van der Waals surface area contributed by atoms with Gasteiger partial charge in [0.2, 0.25) is 5.91 Å². The fourth-order valence-electron chi connectivity index (χ4n) is 1.64. The van der Waals surface area contributed by atoms with E-state index in [2.05, 4.69) is 10.7 Å². The van der Waals surface area contributed by atoms with E-state index in [1.54, 1.807) is 25.1 Å². The first-order chi connectivity index (χ1) is 7.59. The molecule has 0 saturated heterocycles. The first kappa shape index (κ1) is 13.6. The summed E-state index contributed by atoms with van der Waals surface area (Å²) in [6, 6.07) is 7.08. The van der Waals surface area contributed by atoms with E-state index in [-0.39, 0.29) is 36.8 Å². The number of hydrazine groups is 1. The van der Waals surface area contributed by atoms with Gasteiger partial charge in [-0.25, -0.2) is 0 Å². The third-order valence-electron chi connectivity index (χ3n) is 2.33. The van der Waals surface area contributed by atoms with Crippen molar-refractivity contribution in [2.75, 3.05) is 0 Å². The molecule has 1 N–H and O–H groups in total. The smallest absolute Gasteiger partial charge is 0.663 e. The molecule has 17 heavy (non-hydrogen) atoms. The number of amides is 2. The minimum absolute atomic E-state index is 0. The number of benzene rings is 1. The van der Waals surface area contributed by atoms with Gasteiger partial charge >= 0.3 is 18.9 Å². The van der Waals surface area contributed by atoms with Crippen molar-refractivity contribution < 1.29 is 28.4 Å². The van der Waals surface area contributed by atoms with Gasteiger partial charge in [0.05, 0.1) is 0 Å². The van der Waals surface area contributed by atoms with Crippen molar-refractivity contribution in [2.45, 2.75) is 20.0 Å². The molecule has 1 aliphatic rings. The number of nitrogens with one attached hydrogen (secondary N) is 1. The van der Waals surface area contributed by atoms with Gasteiger partial charge in [0.1, 0.15) is 0 Å². The molecule has 5 nitrogen and oxygen atoms in total. The summed E-state index contributed by atoms with van der Waals surface area (Å²) >= 11 is 0. The van der Waals surface area contributed by atoms with Gasteiger partial charge in [0.25, 0.3) is 5.91 Å². The number of carbonyl (C=O) groups excluding carboxylic acids is 2. The minimum Gasteiger partial charge on any atom is -0.663 e. The van der Waals surface area contributed by atoms with E-state index in [0.29, 0.717) is 11.3 Å². The zero-order valence-electron chi connectivity index (χ0n) is 10.1. The molecule has 6 heteroatoms. The quantitative estimate of drug-likeness (QED) is 0.594. The summed E-state index contributed by atoms with van der Waals surface area (Å²) in [6.07, 6.45) is -0.383. The van der Waals surface area contributed by atoms with Crippen molar-refractivity contribution in [2.24, 2.45) is 0 Å². The zero-order valence-corrected chi connectivity index (χ0v) is 10.1. The first-order valence-corrected chi connectivity index (χ1v) is 5.00. The number of hydrogen-bond donors (Lipinski definition) is 1.